The van der Waals surface area contributed by atoms with Crippen LogP contribution in [0.4, 0.5) is 5.13 Å². The lowest BCUT2D eigenvalue weighted by Crippen LogP contribution is -2.49. The van der Waals surface area contributed by atoms with Gasteiger partial charge in [-0.15, -0.1) is 5.10 Å². The van der Waals surface area contributed by atoms with Gasteiger partial charge in [-0.3, -0.25) is 9.69 Å². The third-order valence-corrected chi connectivity index (χ3v) is 8.03. The van der Waals surface area contributed by atoms with Crippen LogP contribution < -0.4 is 10.5 Å². The Kier molecular flexibility index (Phi) is 5.80. The topological polar surface area (TPSA) is 95.8 Å². The summed E-state index contributed by atoms with van der Waals surface area (Å²) in [6.07, 6.45) is 0. The maximum Gasteiger partial charge on any atom is 0.253 e. The summed E-state index contributed by atoms with van der Waals surface area (Å²) in [6.45, 7) is 11.4. The zero-order chi connectivity index (χ0) is 25.7. The van der Waals surface area contributed by atoms with E-state index in [1.54, 1.807) is 11.3 Å². The van der Waals surface area contributed by atoms with Crippen LogP contribution in [-0.2, 0) is 5.54 Å². The molecule has 5 aromatic rings. The van der Waals surface area contributed by atoms with Crippen molar-refractivity contribution in [3.63, 3.8) is 0 Å². The molecule has 1 saturated heterocycles. The van der Waals surface area contributed by atoms with E-state index in [1.807, 2.05) is 29.8 Å². The quantitative estimate of drug-likeness (QED) is 0.386. The maximum absolute atomic E-state index is 13.5. The molecule has 0 bridgehead atoms. The zero-order valence-corrected chi connectivity index (χ0v) is 22.3. The lowest BCUT2D eigenvalue weighted by molar-refractivity contribution is 0.190. The molecular formula is C27H30N8OS. The number of hydrogen-bond donors (Lipinski definition) is 1. The van der Waals surface area contributed by atoms with Crippen LogP contribution in [0.2, 0.25) is 0 Å². The van der Waals surface area contributed by atoms with Crippen LogP contribution in [0.15, 0.2) is 53.3 Å². The van der Waals surface area contributed by atoms with E-state index in [0.29, 0.717) is 11.4 Å². The first-order valence-corrected chi connectivity index (χ1v) is 13.4. The summed E-state index contributed by atoms with van der Waals surface area (Å²) in [7, 11) is 0. The molecule has 0 radical (unpaired) electrons. The van der Waals surface area contributed by atoms with Gasteiger partial charge in [0.25, 0.3) is 5.56 Å². The van der Waals surface area contributed by atoms with Crippen LogP contribution in [0.5, 0.6) is 0 Å². The van der Waals surface area contributed by atoms with E-state index in [0.717, 1.165) is 53.3 Å². The fraction of sp³-hybridized carbons (Fsp3) is 0.370. The minimum absolute atomic E-state index is 0.111. The van der Waals surface area contributed by atoms with E-state index < -0.39 is 0 Å². The number of hydrogen-bond acceptors (Lipinski definition) is 8. The van der Waals surface area contributed by atoms with Crippen molar-refractivity contribution < 1.29 is 0 Å². The van der Waals surface area contributed by atoms with Crippen molar-refractivity contribution in [2.24, 2.45) is 0 Å². The Morgan fingerprint density at radius 1 is 1.03 bits per heavy atom. The fourth-order valence-electron chi connectivity index (χ4n) is 5.04. The maximum atomic E-state index is 13.5. The highest BCUT2D eigenvalue weighted by Crippen LogP contribution is 2.33. The number of rotatable bonds is 4. The van der Waals surface area contributed by atoms with Gasteiger partial charge in [-0.05, 0) is 73.3 Å². The van der Waals surface area contributed by atoms with Crippen LogP contribution in [-0.4, -0.2) is 61.3 Å². The second-order valence-electron chi connectivity index (χ2n) is 10.7. The molecule has 2 aromatic carbocycles. The number of fused-ring (bicyclic) bond motifs is 2. The van der Waals surface area contributed by atoms with E-state index in [2.05, 4.69) is 81.4 Å². The summed E-state index contributed by atoms with van der Waals surface area (Å²) < 4.78 is 3.04. The fourth-order valence-corrected chi connectivity index (χ4v) is 6.06. The molecule has 10 heteroatoms. The molecule has 1 fully saturated rings. The molecule has 0 spiro atoms. The standard InChI is InChI=1S/C27H30N8OS/c1-17-9-10-18-16-19(25(36)28-21(18)15-17)23(24-30-31-32-35(24)27(2,3)4)33-11-13-34(14-12-33)26-29-20-7-5-6-8-22(20)37-26/h5-10,15-16,23H,11-14H2,1-4H3,(H,28,36)/t23-/m0/s1. The van der Waals surface area contributed by atoms with Gasteiger partial charge < -0.3 is 9.88 Å². The molecule has 1 N–H and O–H groups in total. The number of H-pyrrole nitrogens is 1. The van der Waals surface area contributed by atoms with Gasteiger partial charge in [-0.1, -0.05) is 35.6 Å². The lowest BCUT2D eigenvalue weighted by Gasteiger charge is -2.39. The molecule has 6 rings (SSSR count). The van der Waals surface area contributed by atoms with Crippen molar-refractivity contribution in [1.82, 2.24) is 35.1 Å². The number of aryl methyl sites for hydroxylation is 1. The van der Waals surface area contributed by atoms with Crippen molar-refractivity contribution >= 4 is 37.6 Å². The molecule has 0 amide bonds. The molecule has 37 heavy (non-hydrogen) atoms. The van der Waals surface area contributed by atoms with E-state index in [1.165, 1.54) is 4.70 Å². The number of benzene rings is 2. The van der Waals surface area contributed by atoms with Crippen molar-refractivity contribution in [1.29, 1.82) is 0 Å². The molecule has 0 saturated carbocycles. The number of tetrazole rings is 1. The van der Waals surface area contributed by atoms with Gasteiger partial charge in [-0.2, -0.15) is 0 Å². The first kappa shape index (κ1) is 23.7. The van der Waals surface area contributed by atoms with Gasteiger partial charge in [-0.25, -0.2) is 9.67 Å². The average Bonchev–Trinajstić information content (AvgIpc) is 3.53. The van der Waals surface area contributed by atoms with Crippen LogP contribution in [0, 0.1) is 6.92 Å². The van der Waals surface area contributed by atoms with Gasteiger partial charge in [0.2, 0.25) is 0 Å². The van der Waals surface area contributed by atoms with Gasteiger partial charge >= 0.3 is 0 Å². The van der Waals surface area contributed by atoms with Crippen LogP contribution in [0.3, 0.4) is 0 Å². The number of aromatic nitrogens is 6. The Hall–Kier alpha value is -3.63. The Bertz CT molecular complexity index is 1600. The summed E-state index contributed by atoms with van der Waals surface area (Å²) in [6, 6.07) is 16.0. The number of nitrogens with zero attached hydrogens (tertiary/aromatic N) is 7. The molecule has 9 nitrogen and oxygen atoms in total. The molecular weight excluding hydrogens is 484 g/mol. The van der Waals surface area contributed by atoms with Gasteiger partial charge in [0.05, 0.1) is 15.8 Å². The van der Waals surface area contributed by atoms with Gasteiger partial charge in [0.1, 0.15) is 6.04 Å². The summed E-state index contributed by atoms with van der Waals surface area (Å²) >= 11 is 1.72. The number of anilines is 1. The van der Waals surface area contributed by atoms with E-state index in [9.17, 15) is 4.79 Å². The molecule has 0 aliphatic carbocycles. The molecule has 190 valence electrons. The summed E-state index contributed by atoms with van der Waals surface area (Å²) in [4.78, 5) is 26.1. The highest BCUT2D eigenvalue weighted by atomic mass is 32.1. The van der Waals surface area contributed by atoms with Crippen molar-refractivity contribution in [2.75, 3.05) is 31.1 Å². The molecule has 4 heterocycles. The smallest absolute Gasteiger partial charge is 0.253 e. The molecule has 3 aromatic heterocycles. The third kappa shape index (κ3) is 4.40. The average molecular weight is 515 g/mol. The van der Waals surface area contributed by atoms with Gasteiger partial charge in [0.15, 0.2) is 11.0 Å². The van der Waals surface area contributed by atoms with Crippen molar-refractivity contribution in [3.8, 4) is 0 Å². The largest absolute Gasteiger partial charge is 0.345 e. The highest BCUT2D eigenvalue weighted by Gasteiger charge is 2.35. The SMILES string of the molecule is Cc1ccc2cc([C@@H](c3nnnn3C(C)(C)C)N3CCN(c4nc5ccccc5s4)CC3)c(=O)[nH]c2c1. The Morgan fingerprint density at radius 2 is 1.81 bits per heavy atom. The van der Waals surface area contributed by atoms with Crippen molar-refractivity contribution in [2.45, 2.75) is 39.3 Å². The summed E-state index contributed by atoms with van der Waals surface area (Å²) in [5, 5.41) is 14.8. The number of pyridine rings is 1. The van der Waals surface area contributed by atoms with Crippen LogP contribution in [0.25, 0.3) is 21.1 Å². The number of aromatic amines is 1. The minimum Gasteiger partial charge on any atom is -0.345 e. The Balaban J connectivity index is 1.38. The number of piperazine rings is 1. The lowest BCUT2D eigenvalue weighted by atomic mass is 10.0. The van der Waals surface area contributed by atoms with E-state index in [4.69, 9.17) is 4.98 Å². The Morgan fingerprint density at radius 3 is 2.57 bits per heavy atom. The third-order valence-electron chi connectivity index (χ3n) is 6.93. The summed E-state index contributed by atoms with van der Waals surface area (Å²) in [5.74, 6) is 0.679. The van der Waals surface area contributed by atoms with E-state index >= 15 is 0 Å². The monoisotopic (exact) mass is 514 g/mol. The predicted octanol–water partition coefficient (Wildman–Crippen LogP) is 4.10. The minimum atomic E-state index is -0.374. The second-order valence-corrected chi connectivity index (χ2v) is 11.7. The van der Waals surface area contributed by atoms with Crippen LogP contribution >= 0.6 is 11.3 Å². The predicted molar refractivity (Wildman–Crippen MR) is 147 cm³/mol. The highest BCUT2D eigenvalue weighted by molar-refractivity contribution is 7.22. The number of para-hydroxylation sites is 1. The first-order chi connectivity index (χ1) is 17.8. The second kappa shape index (κ2) is 9.04. The number of nitrogens with one attached hydrogen (secondary N) is 1. The van der Waals surface area contributed by atoms with E-state index in [-0.39, 0.29) is 17.1 Å². The first-order valence-electron chi connectivity index (χ1n) is 12.5. The molecule has 1 aliphatic heterocycles. The number of thiazole rings is 1. The van der Waals surface area contributed by atoms with Crippen molar-refractivity contribution in [3.05, 3.63) is 75.8 Å². The van der Waals surface area contributed by atoms with Gasteiger partial charge in [0, 0.05) is 37.3 Å². The zero-order valence-electron chi connectivity index (χ0n) is 21.5. The Labute approximate surface area is 218 Å². The molecule has 0 unspecified atom stereocenters. The molecule has 1 aliphatic rings. The normalized spacial score (nSPS) is 16.1. The molecule has 1 atom stereocenters. The van der Waals surface area contributed by atoms with Crippen LogP contribution in [0.1, 0.15) is 43.8 Å². The summed E-state index contributed by atoms with van der Waals surface area (Å²) in [5.41, 5.74) is 3.19.